The summed E-state index contributed by atoms with van der Waals surface area (Å²) in [4.78, 5) is 0. The monoisotopic (exact) mass is 169 g/mol. The molecular formula is C6H7N3OS. The second-order valence-electron chi connectivity index (χ2n) is 1.88. The molecular weight excluding hydrogens is 162 g/mol. The maximum absolute atomic E-state index is 8.48. The van der Waals surface area contributed by atoms with E-state index in [0.29, 0.717) is 5.03 Å². The number of thioether (sulfide) groups is 1. The van der Waals surface area contributed by atoms with Gasteiger partial charge in [-0.3, -0.25) is 0 Å². The normalized spacial score (nSPS) is 9.45. The van der Waals surface area contributed by atoms with Gasteiger partial charge in [-0.2, -0.15) is 5.26 Å². The molecule has 0 fully saturated rings. The van der Waals surface area contributed by atoms with Crippen LogP contribution in [0.25, 0.3) is 0 Å². The van der Waals surface area contributed by atoms with Crippen LogP contribution in [0.3, 0.4) is 0 Å². The molecule has 58 valence electrons. The standard InChI is InChI=1S/C6H7N3OS/c1-2-3-11-6-5(4-7)8-10-9-6/h2-3H2,1H3. The molecule has 0 aliphatic carbocycles. The predicted octanol–water partition coefficient (Wildman–Crippen LogP) is 1.44. The first-order valence-electron chi connectivity index (χ1n) is 3.24. The van der Waals surface area contributed by atoms with E-state index in [0.717, 1.165) is 12.2 Å². The van der Waals surface area contributed by atoms with Gasteiger partial charge in [-0.25, -0.2) is 4.63 Å². The van der Waals surface area contributed by atoms with Crippen LogP contribution in [0.15, 0.2) is 9.65 Å². The Morgan fingerprint density at radius 1 is 1.64 bits per heavy atom. The van der Waals surface area contributed by atoms with E-state index in [9.17, 15) is 0 Å². The van der Waals surface area contributed by atoms with Crippen molar-refractivity contribution in [3.8, 4) is 6.07 Å². The molecule has 0 bridgehead atoms. The molecule has 0 aliphatic rings. The SMILES string of the molecule is CCCSc1nonc1C#N. The highest BCUT2D eigenvalue weighted by Gasteiger charge is 2.07. The van der Waals surface area contributed by atoms with E-state index in [1.807, 2.05) is 6.07 Å². The average molecular weight is 169 g/mol. The highest BCUT2D eigenvalue weighted by Crippen LogP contribution is 2.18. The van der Waals surface area contributed by atoms with E-state index in [1.165, 1.54) is 11.8 Å². The van der Waals surface area contributed by atoms with Crippen LogP contribution in [-0.4, -0.2) is 16.1 Å². The lowest BCUT2D eigenvalue weighted by Crippen LogP contribution is -1.80. The topological polar surface area (TPSA) is 62.7 Å². The van der Waals surface area contributed by atoms with Crippen LogP contribution in [0.4, 0.5) is 0 Å². The Balaban J connectivity index is 2.63. The lowest BCUT2D eigenvalue weighted by Gasteiger charge is -1.89. The molecule has 0 spiro atoms. The molecule has 0 aromatic carbocycles. The first-order valence-corrected chi connectivity index (χ1v) is 4.22. The Labute approximate surface area is 68.5 Å². The predicted molar refractivity (Wildman–Crippen MR) is 40.0 cm³/mol. The Morgan fingerprint density at radius 2 is 2.45 bits per heavy atom. The van der Waals surface area contributed by atoms with Gasteiger partial charge in [-0.1, -0.05) is 18.7 Å². The van der Waals surface area contributed by atoms with Gasteiger partial charge in [0.25, 0.3) is 0 Å². The minimum absolute atomic E-state index is 0.281. The van der Waals surface area contributed by atoms with Crippen LogP contribution < -0.4 is 0 Å². The van der Waals surface area contributed by atoms with Crippen LogP contribution in [0.1, 0.15) is 19.0 Å². The van der Waals surface area contributed by atoms with E-state index in [1.54, 1.807) is 0 Å². The van der Waals surface area contributed by atoms with Crippen molar-refractivity contribution in [1.82, 2.24) is 10.3 Å². The number of aromatic nitrogens is 2. The number of nitrogens with zero attached hydrogens (tertiary/aromatic N) is 3. The van der Waals surface area contributed by atoms with E-state index in [-0.39, 0.29) is 5.69 Å². The fourth-order valence-electron chi connectivity index (χ4n) is 0.542. The Morgan fingerprint density at radius 3 is 3.09 bits per heavy atom. The van der Waals surface area contributed by atoms with E-state index >= 15 is 0 Å². The zero-order valence-electron chi connectivity index (χ0n) is 6.07. The molecule has 0 radical (unpaired) electrons. The minimum atomic E-state index is 0.281. The van der Waals surface area contributed by atoms with Crippen LogP contribution in [0.5, 0.6) is 0 Å². The summed E-state index contributed by atoms with van der Waals surface area (Å²) >= 11 is 1.49. The van der Waals surface area contributed by atoms with Gasteiger partial charge in [0.1, 0.15) is 6.07 Å². The molecule has 5 heteroatoms. The molecule has 0 saturated carbocycles. The van der Waals surface area contributed by atoms with E-state index in [2.05, 4.69) is 21.9 Å². The van der Waals surface area contributed by atoms with Gasteiger partial charge in [0.05, 0.1) is 0 Å². The molecule has 1 aromatic rings. The summed E-state index contributed by atoms with van der Waals surface area (Å²) in [6.45, 7) is 2.06. The summed E-state index contributed by atoms with van der Waals surface area (Å²) in [6, 6.07) is 1.90. The van der Waals surface area contributed by atoms with Gasteiger partial charge in [-0.15, -0.1) is 0 Å². The summed E-state index contributed by atoms with van der Waals surface area (Å²) in [6.07, 6.45) is 1.04. The van der Waals surface area contributed by atoms with Gasteiger partial charge >= 0.3 is 0 Å². The number of nitriles is 1. The summed E-state index contributed by atoms with van der Waals surface area (Å²) in [7, 11) is 0. The van der Waals surface area contributed by atoms with Crippen LogP contribution in [-0.2, 0) is 0 Å². The van der Waals surface area contributed by atoms with Crippen molar-refractivity contribution in [2.24, 2.45) is 0 Å². The van der Waals surface area contributed by atoms with Gasteiger partial charge in [0.15, 0.2) is 5.03 Å². The van der Waals surface area contributed by atoms with Crippen LogP contribution in [0, 0.1) is 11.3 Å². The molecule has 11 heavy (non-hydrogen) atoms. The quantitative estimate of drug-likeness (QED) is 0.641. The molecule has 0 amide bonds. The van der Waals surface area contributed by atoms with Crippen molar-refractivity contribution in [3.05, 3.63) is 5.69 Å². The molecule has 0 atom stereocenters. The zero-order valence-corrected chi connectivity index (χ0v) is 6.89. The Bertz CT molecular complexity index is 265. The smallest absolute Gasteiger partial charge is 0.218 e. The maximum atomic E-state index is 8.48. The minimum Gasteiger partial charge on any atom is -0.242 e. The first kappa shape index (κ1) is 8.08. The summed E-state index contributed by atoms with van der Waals surface area (Å²) < 4.78 is 4.39. The summed E-state index contributed by atoms with van der Waals surface area (Å²) in [5.41, 5.74) is 0.281. The Hall–Kier alpha value is -1.02. The third kappa shape index (κ3) is 1.95. The van der Waals surface area contributed by atoms with Crippen molar-refractivity contribution in [3.63, 3.8) is 0 Å². The molecule has 1 heterocycles. The maximum Gasteiger partial charge on any atom is 0.218 e. The number of rotatable bonds is 3. The molecule has 4 nitrogen and oxygen atoms in total. The fraction of sp³-hybridized carbons (Fsp3) is 0.500. The molecule has 1 rings (SSSR count). The number of hydrogen-bond acceptors (Lipinski definition) is 5. The van der Waals surface area contributed by atoms with Crippen LogP contribution >= 0.6 is 11.8 Å². The van der Waals surface area contributed by atoms with Gasteiger partial charge in [-0.05, 0) is 22.5 Å². The van der Waals surface area contributed by atoms with Crippen LogP contribution in [0.2, 0.25) is 0 Å². The zero-order chi connectivity index (χ0) is 8.10. The number of hydrogen-bond donors (Lipinski definition) is 0. The van der Waals surface area contributed by atoms with Crippen molar-refractivity contribution in [2.75, 3.05) is 5.75 Å². The molecule has 0 saturated heterocycles. The van der Waals surface area contributed by atoms with E-state index < -0.39 is 0 Å². The molecule has 0 unspecified atom stereocenters. The lowest BCUT2D eigenvalue weighted by molar-refractivity contribution is 0.298. The third-order valence-corrected chi connectivity index (χ3v) is 2.16. The van der Waals surface area contributed by atoms with E-state index in [4.69, 9.17) is 5.26 Å². The fourth-order valence-corrected chi connectivity index (χ4v) is 1.25. The van der Waals surface area contributed by atoms with Crippen molar-refractivity contribution in [2.45, 2.75) is 18.4 Å². The van der Waals surface area contributed by atoms with Gasteiger partial charge < -0.3 is 0 Å². The largest absolute Gasteiger partial charge is 0.242 e. The van der Waals surface area contributed by atoms with Gasteiger partial charge in [0, 0.05) is 0 Å². The van der Waals surface area contributed by atoms with Gasteiger partial charge in [0.2, 0.25) is 5.69 Å². The summed E-state index contributed by atoms with van der Waals surface area (Å²) in [5, 5.41) is 16.1. The highest BCUT2D eigenvalue weighted by molar-refractivity contribution is 7.99. The van der Waals surface area contributed by atoms with Crippen molar-refractivity contribution >= 4 is 11.8 Å². The van der Waals surface area contributed by atoms with Crippen molar-refractivity contribution in [1.29, 1.82) is 5.26 Å². The second-order valence-corrected chi connectivity index (χ2v) is 2.96. The highest BCUT2D eigenvalue weighted by atomic mass is 32.2. The lowest BCUT2D eigenvalue weighted by atomic mass is 10.5. The first-order chi connectivity index (χ1) is 5.38. The second kappa shape index (κ2) is 3.98. The third-order valence-electron chi connectivity index (χ3n) is 1.01. The Kier molecular flexibility index (Phi) is 2.93. The van der Waals surface area contributed by atoms with Crippen molar-refractivity contribution < 1.29 is 4.63 Å². The summed E-state index contributed by atoms with van der Waals surface area (Å²) in [5.74, 6) is 0.933. The average Bonchev–Trinajstić information content (AvgIpc) is 2.47. The molecule has 1 aromatic heterocycles. The molecule has 0 aliphatic heterocycles. The molecule has 0 N–H and O–H groups in total.